The molecule has 0 aromatic heterocycles. The molecule has 0 aliphatic carbocycles. The summed E-state index contributed by atoms with van der Waals surface area (Å²) in [6.45, 7) is 1.95. The van der Waals surface area contributed by atoms with Gasteiger partial charge in [0, 0.05) is 4.47 Å². The van der Waals surface area contributed by atoms with Crippen LogP contribution in [0.1, 0.15) is 37.9 Å². The molecule has 2 unspecified atom stereocenters. The molecule has 1 rings (SSSR count). The van der Waals surface area contributed by atoms with Gasteiger partial charge in [-0.25, -0.2) is 4.39 Å². The molecular formula is C13H16BrFO3. The summed E-state index contributed by atoms with van der Waals surface area (Å²) >= 11 is 3.20. The molecule has 0 bridgehead atoms. The molecule has 2 N–H and O–H groups in total. The van der Waals surface area contributed by atoms with Gasteiger partial charge in [0.2, 0.25) is 0 Å². The van der Waals surface area contributed by atoms with E-state index in [0.717, 1.165) is 12.5 Å². The molecule has 2 atom stereocenters. The first-order valence-corrected chi connectivity index (χ1v) is 6.62. The number of halogens is 2. The Morgan fingerprint density at radius 3 is 2.72 bits per heavy atom. The molecule has 0 spiro atoms. The van der Waals surface area contributed by atoms with Crippen LogP contribution in [0.25, 0.3) is 0 Å². The fourth-order valence-electron chi connectivity index (χ4n) is 1.80. The molecule has 1 aromatic carbocycles. The van der Waals surface area contributed by atoms with Gasteiger partial charge in [-0.3, -0.25) is 4.79 Å². The number of aliphatic hydroxyl groups is 1. The number of benzene rings is 1. The van der Waals surface area contributed by atoms with Crippen LogP contribution in [-0.4, -0.2) is 16.2 Å². The molecule has 0 saturated carbocycles. The third kappa shape index (κ3) is 3.78. The van der Waals surface area contributed by atoms with Crippen molar-refractivity contribution in [2.24, 2.45) is 5.92 Å². The largest absolute Gasteiger partial charge is 0.481 e. The molecule has 0 heterocycles. The highest BCUT2D eigenvalue weighted by molar-refractivity contribution is 9.10. The maximum absolute atomic E-state index is 13.1. The van der Waals surface area contributed by atoms with Crippen LogP contribution in [0.5, 0.6) is 0 Å². The summed E-state index contributed by atoms with van der Waals surface area (Å²) in [6, 6.07) is 3.88. The van der Waals surface area contributed by atoms with E-state index in [2.05, 4.69) is 15.9 Å². The van der Waals surface area contributed by atoms with Crippen molar-refractivity contribution in [3.8, 4) is 0 Å². The number of aliphatic carboxylic acids is 1. The fraction of sp³-hybridized carbons (Fsp3) is 0.462. The van der Waals surface area contributed by atoms with Gasteiger partial charge in [-0.2, -0.15) is 0 Å². The van der Waals surface area contributed by atoms with Gasteiger partial charge in [-0.15, -0.1) is 0 Å². The lowest BCUT2D eigenvalue weighted by Gasteiger charge is -2.20. The molecule has 100 valence electrons. The molecule has 0 radical (unpaired) electrons. The van der Waals surface area contributed by atoms with Crippen molar-refractivity contribution in [1.29, 1.82) is 0 Å². The summed E-state index contributed by atoms with van der Waals surface area (Å²) in [5.41, 5.74) is 0.276. The summed E-state index contributed by atoms with van der Waals surface area (Å²) in [7, 11) is 0. The Morgan fingerprint density at radius 1 is 1.50 bits per heavy atom. The molecule has 0 amide bonds. The molecule has 0 aliphatic heterocycles. The third-order valence-corrected chi connectivity index (χ3v) is 3.57. The standard InChI is InChI=1S/C13H16BrFO3/c1-2-3-4-9(13(17)18)12(16)10-7-8(15)5-6-11(10)14/h5-7,9,12,16H,2-4H2,1H3,(H,17,18). The number of carboxylic acid groups (broad SMARTS) is 1. The molecule has 3 nitrogen and oxygen atoms in total. The average Bonchev–Trinajstić information content (AvgIpc) is 2.32. The van der Waals surface area contributed by atoms with E-state index < -0.39 is 23.8 Å². The first kappa shape index (κ1) is 15.1. The van der Waals surface area contributed by atoms with Crippen molar-refractivity contribution in [2.75, 3.05) is 0 Å². The molecule has 1 aromatic rings. The van der Waals surface area contributed by atoms with E-state index in [1.165, 1.54) is 12.1 Å². The van der Waals surface area contributed by atoms with E-state index in [4.69, 9.17) is 5.11 Å². The van der Waals surface area contributed by atoms with Crippen molar-refractivity contribution < 1.29 is 19.4 Å². The quantitative estimate of drug-likeness (QED) is 0.843. The van der Waals surface area contributed by atoms with Crippen molar-refractivity contribution in [1.82, 2.24) is 0 Å². The van der Waals surface area contributed by atoms with Crippen molar-refractivity contribution in [3.05, 3.63) is 34.1 Å². The second kappa shape index (κ2) is 6.85. The summed E-state index contributed by atoms with van der Waals surface area (Å²) < 4.78 is 13.7. The van der Waals surface area contributed by atoms with Crippen LogP contribution in [0.4, 0.5) is 4.39 Å². The van der Waals surface area contributed by atoms with E-state index >= 15 is 0 Å². The normalized spacial score (nSPS) is 14.2. The predicted molar refractivity (Wildman–Crippen MR) is 69.7 cm³/mol. The molecule has 0 aliphatic rings. The minimum atomic E-state index is -1.21. The maximum Gasteiger partial charge on any atom is 0.309 e. The zero-order chi connectivity index (χ0) is 13.7. The fourth-order valence-corrected chi connectivity index (χ4v) is 2.28. The van der Waals surface area contributed by atoms with Gasteiger partial charge >= 0.3 is 5.97 Å². The van der Waals surface area contributed by atoms with E-state index in [1.54, 1.807) is 0 Å². The predicted octanol–water partition coefficient (Wildman–Crippen LogP) is 3.51. The number of carboxylic acids is 1. The van der Waals surface area contributed by atoms with Crippen LogP contribution >= 0.6 is 15.9 Å². The minimum absolute atomic E-state index is 0.276. The minimum Gasteiger partial charge on any atom is -0.481 e. The number of rotatable bonds is 6. The summed E-state index contributed by atoms with van der Waals surface area (Å²) in [6.07, 6.45) is 0.719. The Hall–Kier alpha value is -0.940. The van der Waals surface area contributed by atoms with Gasteiger partial charge in [0.05, 0.1) is 12.0 Å². The SMILES string of the molecule is CCCCC(C(=O)O)C(O)c1cc(F)ccc1Br. The molecule has 0 saturated heterocycles. The molecule has 0 fully saturated rings. The van der Waals surface area contributed by atoms with E-state index in [-0.39, 0.29) is 5.56 Å². The molecular weight excluding hydrogens is 303 g/mol. The maximum atomic E-state index is 13.1. The smallest absolute Gasteiger partial charge is 0.309 e. The van der Waals surface area contributed by atoms with E-state index in [0.29, 0.717) is 17.3 Å². The van der Waals surface area contributed by atoms with E-state index in [9.17, 15) is 14.3 Å². The summed E-state index contributed by atoms with van der Waals surface area (Å²) in [5.74, 6) is -2.47. The first-order valence-electron chi connectivity index (χ1n) is 5.83. The Morgan fingerprint density at radius 2 is 2.17 bits per heavy atom. The number of hydrogen-bond acceptors (Lipinski definition) is 2. The van der Waals surface area contributed by atoms with Crippen LogP contribution in [0.15, 0.2) is 22.7 Å². The lowest BCUT2D eigenvalue weighted by molar-refractivity contribution is -0.146. The van der Waals surface area contributed by atoms with Gasteiger partial charge in [-0.1, -0.05) is 35.7 Å². The molecule has 5 heteroatoms. The number of unbranched alkanes of at least 4 members (excludes halogenated alkanes) is 1. The zero-order valence-electron chi connectivity index (χ0n) is 10.1. The van der Waals surface area contributed by atoms with Gasteiger partial charge in [0.15, 0.2) is 0 Å². The van der Waals surface area contributed by atoms with Crippen molar-refractivity contribution in [3.63, 3.8) is 0 Å². The van der Waals surface area contributed by atoms with Crippen LogP contribution in [0.2, 0.25) is 0 Å². The number of aliphatic hydroxyl groups excluding tert-OH is 1. The highest BCUT2D eigenvalue weighted by atomic mass is 79.9. The second-order valence-electron chi connectivity index (χ2n) is 4.20. The van der Waals surface area contributed by atoms with Gasteiger partial charge < -0.3 is 10.2 Å². The number of hydrogen-bond donors (Lipinski definition) is 2. The summed E-state index contributed by atoms with van der Waals surface area (Å²) in [5, 5.41) is 19.2. The average molecular weight is 319 g/mol. The van der Waals surface area contributed by atoms with Crippen molar-refractivity contribution in [2.45, 2.75) is 32.3 Å². The van der Waals surface area contributed by atoms with Gasteiger partial charge in [0.1, 0.15) is 5.82 Å². The Labute approximate surface area is 114 Å². The van der Waals surface area contributed by atoms with Crippen LogP contribution in [0.3, 0.4) is 0 Å². The van der Waals surface area contributed by atoms with Crippen LogP contribution in [0, 0.1) is 11.7 Å². The Bertz CT molecular complexity index is 423. The van der Waals surface area contributed by atoms with Crippen LogP contribution in [-0.2, 0) is 4.79 Å². The topological polar surface area (TPSA) is 57.5 Å². The first-order chi connectivity index (χ1) is 8.47. The van der Waals surface area contributed by atoms with Gasteiger partial charge in [0.25, 0.3) is 0 Å². The number of carbonyl (C=O) groups is 1. The lowest BCUT2D eigenvalue weighted by Crippen LogP contribution is -2.22. The monoisotopic (exact) mass is 318 g/mol. The molecule has 18 heavy (non-hydrogen) atoms. The lowest BCUT2D eigenvalue weighted by atomic mass is 9.91. The Kier molecular flexibility index (Phi) is 5.75. The van der Waals surface area contributed by atoms with E-state index in [1.807, 2.05) is 6.92 Å². The van der Waals surface area contributed by atoms with Crippen LogP contribution < -0.4 is 0 Å². The van der Waals surface area contributed by atoms with Gasteiger partial charge in [-0.05, 0) is 30.2 Å². The third-order valence-electron chi connectivity index (χ3n) is 2.84. The zero-order valence-corrected chi connectivity index (χ0v) is 11.7. The highest BCUT2D eigenvalue weighted by Gasteiger charge is 2.28. The second-order valence-corrected chi connectivity index (χ2v) is 5.05. The Balaban J connectivity index is 2.97. The highest BCUT2D eigenvalue weighted by Crippen LogP contribution is 2.32. The summed E-state index contributed by atoms with van der Waals surface area (Å²) in [4.78, 5) is 11.1. The van der Waals surface area contributed by atoms with Crippen molar-refractivity contribution >= 4 is 21.9 Å².